The second kappa shape index (κ2) is 7.82. The normalized spacial score (nSPS) is 19.5. The van der Waals surface area contributed by atoms with Crippen molar-refractivity contribution < 1.29 is 29.2 Å². The highest BCUT2D eigenvalue weighted by Crippen LogP contribution is 2.47. The van der Waals surface area contributed by atoms with Crippen molar-refractivity contribution >= 4 is 5.97 Å². The third-order valence-corrected chi connectivity index (χ3v) is 4.91. The summed E-state index contributed by atoms with van der Waals surface area (Å²) in [6, 6.07) is 21.4. The van der Waals surface area contributed by atoms with Crippen molar-refractivity contribution in [2.24, 2.45) is 0 Å². The van der Waals surface area contributed by atoms with Crippen LogP contribution in [-0.2, 0) is 10.3 Å². The lowest BCUT2D eigenvalue weighted by molar-refractivity contribution is -0.000873. The number of benzene rings is 3. The molecule has 0 bridgehead atoms. The predicted molar refractivity (Wildman–Crippen MR) is 109 cm³/mol. The van der Waals surface area contributed by atoms with E-state index in [1.165, 1.54) is 13.8 Å². The Bertz CT molecular complexity index is 985. The second-order valence-electron chi connectivity index (χ2n) is 7.10. The molecule has 1 heterocycles. The molecule has 2 N–H and O–H groups in total. The molecule has 0 aliphatic carbocycles. The van der Waals surface area contributed by atoms with Crippen molar-refractivity contribution in [3.63, 3.8) is 0 Å². The molecule has 0 amide bonds. The quantitative estimate of drug-likeness (QED) is 0.481. The molecule has 3 aromatic rings. The van der Waals surface area contributed by atoms with Gasteiger partial charge in [0.05, 0.1) is 5.56 Å². The average molecular weight is 406 g/mol. The smallest absolute Gasteiger partial charge is 0.340 e. The number of aliphatic hydroxyl groups is 2. The van der Waals surface area contributed by atoms with Gasteiger partial charge in [-0.3, -0.25) is 0 Å². The van der Waals surface area contributed by atoms with Gasteiger partial charge in [-0.25, -0.2) is 4.79 Å². The Kier molecular flexibility index (Phi) is 5.20. The molecule has 1 aliphatic heterocycles. The highest BCUT2D eigenvalue weighted by molar-refractivity contribution is 5.96. The first kappa shape index (κ1) is 19.9. The third-order valence-electron chi connectivity index (χ3n) is 4.91. The van der Waals surface area contributed by atoms with E-state index < -0.39 is 24.2 Å². The van der Waals surface area contributed by atoms with Crippen molar-refractivity contribution in [3.8, 4) is 11.5 Å². The molecule has 6 nitrogen and oxygen atoms in total. The van der Waals surface area contributed by atoms with Gasteiger partial charge >= 0.3 is 5.97 Å². The maximum Gasteiger partial charge on any atom is 0.340 e. The van der Waals surface area contributed by atoms with E-state index in [4.69, 9.17) is 14.2 Å². The van der Waals surface area contributed by atoms with Gasteiger partial charge in [0, 0.05) is 16.7 Å². The van der Waals surface area contributed by atoms with Crippen molar-refractivity contribution in [1.29, 1.82) is 0 Å². The zero-order valence-corrected chi connectivity index (χ0v) is 16.6. The van der Waals surface area contributed by atoms with E-state index >= 15 is 0 Å². The molecule has 2 atom stereocenters. The zero-order valence-electron chi connectivity index (χ0n) is 16.6. The second-order valence-corrected chi connectivity index (χ2v) is 7.10. The number of cyclic esters (lactones) is 1. The Morgan fingerprint density at radius 2 is 1.23 bits per heavy atom. The Morgan fingerprint density at radius 1 is 0.767 bits per heavy atom. The molecule has 0 saturated carbocycles. The maximum absolute atomic E-state index is 12.7. The maximum atomic E-state index is 12.7. The molecule has 1 aliphatic rings. The summed E-state index contributed by atoms with van der Waals surface area (Å²) in [5.41, 5.74) is 1.58. The molecule has 2 unspecified atom stereocenters. The van der Waals surface area contributed by atoms with Gasteiger partial charge in [0.15, 0.2) is 18.2 Å². The van der Waals surface area contributed by atoms with Crippen molar-refractivity contribution in [1.82, 2.24) is 0 Å². The van der Waals surface area contributed by atoms with Gasteiger partial charge in [-0.2, -0.15) is 0 Å². The van der Waals surface area contributed by atoms with Crippen molar-refractivity contribution in [3.05, 3.63) is 95.1 Å². The van der Waals surface area contributed by atoms with Crippen LogP contribution in [0.3, 0.4) is 0 Å². The fourth-order valence-electron chi connectivity index (χ4n) is 3.74. The number of hydrogen-bond acceptors (Lipinski definition) is 6. The number of aliphatic hydroxyl groups excluding tert-OH is 2. The van der Waals surface area contributed by atoms with Crippen LogP contribution in [0.1, 0.15) is 40.9 Å². The third kappa shape index (κ3) is 3.51. The summed E-state index contributed by atoms with van der Waals surface area (Å²) in [5.74, 6) is 0.601. The van der Waals surface area contributed by atoms with E-state index in [2.05, 4.69) is 0 Å². The van der Waals surface area contributed by atoms with Crippen LogP contribution in [0.15, 0.2) is 72.8 Å². The number of carbonyl (C=O) groups is 1. The molecule has 0 radical (unpaired) electrons. The van der Waals surface area contributed by atoms with Gasteiger partial charge < -0.3 is 24.4 Å². The molecule has 0 saturated heterocycles. The topological polar surface area (TPSA) is 85.2 Å². The van der Waals surface area contributed by atoms with E-state index in [9.17, 15) is 15.0 Å². The largest absolute Gasteiger partial charge is 0.465 e. The first-order valence-corrected chi connectivity index (χ1v) is 9.63. The highest BCUT2D eigenvalue weighted by Gasteiger charge is 2.48. The summed E-state index contributed by atoms with van der Waals surface area (Å²) in [6.45, 7) is 3.06. The predicted octanol–water partition coefficient (Wildman–Crippen LogP) is 3.58. The lowest BCUT2D eigenvalue weighted by Crippen LogP contribution is -2.29. The van der Waals surface area contributed by atoms with Gasteiger partial charge in [0.25, 0.3) is 0 Å². The first-order valence-electron chi connectivity index (χ1n) is 9.63. The fraction of sp³-hybridized carbons (Fsp3) is 0.208. The molecule has 3 aromatic carbocycles. The van der Waals surface area contributed by atoms with Gasteiger partial charge in [-0.15, -0.1) is 0 Å². The number of ether oxygens (including phenoxy) is 3. The molecule has 6 heteroatoms. The van der Waals surface area contributed by atoms with Crippen LogP contribution in [-0.4, -0.2) is 28.8 Å². The summed E-state index contributed by atoms with van der Waals surface area (Å²) in [5, 5.41) is 18.9. The number of carbonyl (C=O) groups excluding carboxylic acids is 1. The standard InChI is InChI=1S/C24H22O6/c1-15(25)28-19-11-7-17(8-12-19)24(18-9-13-20(14-10-18)29-16(2)26)22-6-4-3-5-21(22)23(27)30-24/h3-16,25-26H,1-2H3. The summed E-state index contributed by atoms with van der Waals surface area (Å²) in [7, 11) is 0. The molecule has 30 heavy (non-hydrogen) atoms. The highest BCUT2D eigenvalue weighted by atomic mass is 16.6. The van der Waals surface area contributed by atoms with E-state index in [1.807, 2.05) is 36.4 Å². The van der Waals surface area contributed by atoms with Crippen molar-refractivity contribution in [2.45, 2.75) is 32.0 Å². The Morgan fingerprint density at radius 3 is 1.70 bits per heavy atom. The summed E-state index contributed by atoms with van der Waals surface area (Å²) < 4.78 is 16.7. The monoisotopic (exact) mass is 406 g/mol. The van der Waals surface area contributed by atoms with Crippen LogP contribution < -0.4 is 9.47 Å². The van der Waals surface area contributed by atoms with Gasteiger partial charge in [0.1, 0.15) is 11.5 Å². The van der Waals surface area contributed by atoms with Crippen LogP contribution in [0.25, 0.3) is 0 Å². The van der Waals surface area contributed by atoms with E-state index in [-0.39, 0.29) is 0 Å². The number of hydrogen-bond donors (Lipinski definition) is 2. The first-order chi connectivity index (χ1) is 14.4. The number of fused-ring (bicyclic) bond motifs is 1. The molecule has 4 rings (SSSR count). The van der Waals surface area contributed by atoms with Crippen LogP contribution >= 0.6 is 0 Å². The van der Waals surface area contributed by atoms with Gasteiger partial charge in [-0.1, -0.05) is 42.5 Å². The molecule has 0 spiro atoms. The minimum atomic E-state index is -1.14. The Labute approximate surface area is 174 Å². The van der Waals surface area contributed by atoms with Crippen LogP contribution in [0, 0.1) is 0 Å². The van der Waals surface area contributed by atoms with Crippen LogP contribution in [0.5, 0.6) is 11.5 Å². The van der Waals surface area contributed by atoms with E-state index in [0.29, 0.717) is 17.1 Å². The Balaban J connectivity index is 1.84. The SMILES string of the molecule is CC(O)Oc1ccc(C2(c3ccc(OC(C)O)cc3)OC(=O)c3ccccc32)cc1. The Hall–Kier alpha value is -3.35. The zero-order chi connectivity index (χ0) is 21.3. The fourth-order valence-corrected chi connectivity index (χ4v) is 3.74. The molecular weight excluding hydrogens is 384 g/mol. The number of esters is 1. The minimum Gasteiger partial charge on any atom is -0.465 e. The number of rotatable bonds is 6. The van der Waals surface area contributed by atoms with Crippen LogP contribution in [0.4, 0.5) is 0 Å². The average Bonchev–Trinajstić information content (AvgIpc) is 3.02. The molecule has 154 valence electrons. The molecule has 0 aromatic heterocycles. The lowest BCUT2D eigenvalue weighted by Gasteiger charge is -2.30. The lowest BCUT2D eigenvalue weighted by atomic mass is 9.80. The van der Waals surface area contributed by atoms with Crippen molar-refractivity contribution in [2.75, 3.05) is 0 Å². The van der Waals surface area contributed by atoms with E-state index in [0.717, 1.165) is 16.7 Å². The van der Waals surface area contributed by atoms with Crippen LogP contribution in [0.2, 0.25) is 0 Å². The van der Waals surface area contributed by atoms with E-state index in [1.54, 1.807) is 36.4 Å². The van der Waals surface area contributed by atoms with Gasteiger partial charge in [-0.05, 0) is 44.2 Å². The summed E-state index contributed by atoms with van der Waals surface area (Å²) in [6.07, 6.45) is -1.87. The molecule has 0 fully saturated rings. The van der Waals surface area contributed by atoms with Gasteiger partial charge in [0.2, 0.25) is 0 Å². The molecular formula is C24H22O6. The summed E-state index contributed by atoms with van der Waals surface area (Å²) in [4.78, 5) is 12.7. The minimum absolute atomic E-state index is 0.404. The summed E-state index contributed by atoms with van der Waals surface area (Å²) >= 11 is 0.